The van der Waals surface area contributed by atoms with E-state index in [4.69, 9.17) is 4.99 Å². The quantitative estimate of drug-likeness (QED) is 0.759. The molecule has 0 saturated carbocycles. The van der Waals surface area contributed by atoms with Crippen LogP contribution >= 0.6 is 11.8 Å². The minimum absolute atomic E-state index is 0.0861. The number of hydrogen-bond acceptors (Lipinski definition) is 4. The summed E-state index contributed by atoms with van der Waals surface area (Å²) in [6, 6.07) is 16.2. The second kappa shape index (κ2) is 6.83. The molecular formula is C21H25N3S. The van der Waals surface area contributed by atoms with Gasteiger partial charge in [-0.3, -0.25) is 9.98 Å². The number of thioether (sulfide) groups is 1. The summed E-state index contributed by atoms with van der Waals surface area (Å²) in [5, 5.41) is 1.19. The van der Waals surface area contributed by atoms with Crippen LogP contribution in [0.5, 0.6) is 0 Å². The fourth-order valence-electron chi connectivity index (χ4n) is 3.79. The molecule has 2 aromatic rings. The van der Waals surface area contributed by atoms with E-state index in [9.17, 15) is 0 Å². The third kappa shape index (κ3) is 2.97. The van der Waals surface area contributed by atoms with Crippen molar-refractivity contribution in [2.24, 2.45) is 4.99 Å². The van der Waals surface area contributed by atoms with E-state index in [-0.39, 0.29) is 12.1 Å². The Balaban J connectivity index is 1.75. The Morgan fingerprint density at radius 1 is 1.16 bits per heavy atom. The third-order valence-corrected chi connectivity index (χ3v) is 6.40. The van der Waals surface area contributed by atoms with Crippen LogP contribution in [-0.4, -0.2) is 26.8 Å². The normalized spacial score (nSPS) is 25.4. The number of aliphatic imine (C=N–C) groups is 1. The van der Waals surface area contributed by atoms with Gasteiger partial charge in [0.1, 0.15) is 6.04 Å². The molecule has 1 fully saturated rings. The van der Waals surface area contributed by atoms with Gasteiger partial charge in [-0.1, -0.05) is 62.9 Å². The van der Waals surface area contributed by atoms with E-state index < -0.39 is 0 Å². The maximum atomic E-state index is 5.08. The molecule has 0 unspecified atom stereocenters. The van der Waals surface area contributed by atoms with Crippen LogP contribution in [0.15, 0.2) is 53.7 Å². The van der Waals surface area contributed by atoms with Gasteiger partial charge in [0.05, 0.1) is 11.7 Å². The van der Waals surface area contributed by atoms with Gasteiger partial charge in [0.15, 0.2) is 5.17 Å². The van der Waals surface area contributed by atoms with E-state index in [1.54, 1.807) is 0 Å². The van der Waals surface area contributed by atoms with Crippen LogP contribution in [0.2, 0.25) is 0 Å². The first-order valence-electron chi connectivity index (χ1n) is 9.18. The minimum Gasteiger partial charge on any atom is -0.338 e. The SMILES string of the molecule is CC[C@@H]1CSC2=N[C@H](c3ccccn3)[C@H](c3ccc(C(C)C)cc3)N21. The molecule has 2 aliphatic heterocycles. The number of pyridine rings is 1. The first kappa shape index (κ1) is 16.6. The maximum absolute atomic E-state index is 5.08. The van der Waals surface area contributed by atoms with Crippen molar-refractivity contribution in [3.63, 3.8) is 0 Å². The van der Waals surface area contributed by atoms with Crippen LogP contribution in [0.4, 0.5) is 0 Å². The fourth-order valence-corrected chi connectivity index (χ4v) is 5.13. The zero-order valence-electron chi connectivity index (χ0n) is 15.1. The molecule has 4 heteroatoms. The molecular weight excluding hydrogens is 326 g/mol. The van der Waals surface area contributed by atoms with Crippen molar-refractivity contribution in [1.82, 2.24) is 9.88 Å². The highest BCUT2D eigenvalue weighted by molar-refractivity contribution is 8.14. The molecule has 0 radical (unpaired) electrons. The zero-order chi connectivity index (χ0) is 17.4. The van der Waals surface area contributed by atoms with E-state index in [2.05, 4.69) is 67.1 Å². The number of aromatic nitrogens is 1. The van der Waals surface area contributed by atoms with Crippen molar-refractivity contribution in [2.75, 3.05) is 5.75 Å². The predicted molar refractivity (Wildman–Crippen MR) is 106 cm³/mol. The van der Waals surface area contributed by atoms with E-state index in [0.29, 0.717) is 12.0 Å². The monoisotopic (exact) mass is 351 g/mol. The molecule has 0 aliphatic carbocycles. The van der Waals surface area contributed by atoms with Crippen molar-refractivity contribution in [3.05, 3.63) is 65.5 Å². The number of amidine groups is 1. The Hall–Kier alpha value is -1.81. The molecule has 1 aromatic carbocycles. The Bertz CT molecular complexity index is 754. The van der Waals surface area contributed by atoms with E-state index >= 15 is 0 Å². The topological polar surface area (TPSA) is 28.5 Å². The molecule has 2 aliphatic rings. The van der Waals surface area contributed by atoms with Crippen molar-refractivity contribution in [3.8, 4) is 0 Å². The Morgan fingerprint density at radius 2 is 1.96 bits per heavy atom. The molecule has 0 N–H and O–H groups in total. The first-order valence-corrected chi connectivity index (χ1v) is 10.2. The fraction of sp³-hybridized carbons (Fsp3) is 0.429. The lowest BCUT2D eigenvalue weighted by Gasteiger charge is -2.32. The molecule has 1 aromatic heterocycles. The van der Waals surface area contributed by atoms with Gasteiger partial charge in [0, 0.05) is 18.0 Å². The second-order valence-corrected chi connectivity index (χ2v) is 8.14. The molecule has 4 rings (SSSR count). The van der Waals surface area contributed by atoms with Gasteiger partial charge < -0.3 is 4.90 Å². The average molecular weight is 352 g/mol. The number of hydrogen-bond donors (Lipinski definition) is 0. The Kier molecular flexibility index (Phi) is 4.55. The van der Waals surface area contributed by atoms with Gasteiger partial charge in [-0.05, 0) is 35.6 Å². The molecule has 0 bridgehead atoms. The molecule has 3 heterocycles. The van der Waals surface area contributed by atoms with Crippen LogP contribution < -0.4 is 0 Å². The summed E-state index contributed by atoms with van der Waals surface area (Å²) in [6.45, 7) is 6.76. The zero-order valence-corrected chi connectivity index (χ0v) is 15.9. The molecule has 3 atom stereocenters. The van der Waals surface area contributed by atoms with Crippen molar-refractivity contribution in [1.29, 1.82) is 0 Å². The molecule has 25 heavy (non-hydrogen) atoms. The van der Waals surface area contributed by atoms with Gasteiger partial charge in [0.25, 0.3) is 0 Å². The van der Waals surface area contributed by atoms with Crippen molar-refractivity contribution in [2.45, 2.75) is 51.2 Å². The second-order valence-electron chi connectivity index (χ2n) is 7.16. The van der Waals surface area contributed by atoms with Crippen LogP contribution in [0, 0.1) is 0 Å². The molecule has 1 saturated heterocycles. The maximum Gasteiger partial charge on any atom is 0.160 e. The summed E-state index contributed by atoms with van der Waals surface area (Å²) in [5.74, 6) is 1.70. The van der Waals surface area contributed by atoms with E-state index in [1.807, 2.05) is 24.0 Å². The highest BCUT2D eigenvalue weighted by atomic mass is 32.2. The van der Waals surface area contributed by atoms with Crippen molar-refractivity contribution >= 4 is 16.9 Å². The minimum atomic E-state index is 0.0861. The third-order valence-electron chi connectivity index (χ3n) is 5.27. The van der Waals surface area contributed by atoms with E-state index in [0.717, 1.165) is 17.9 Å². The summed E-state index contributed by atoms with van der Waals surface area (Å²) in [5.41, 5.74) is 3.80. The van der Waals surface area contributed by atoms with Crippen LogP contribution in [-0.2, 0) is 0 Å². The summed E-state index contributed by atoms with van der Waals surface area (Å²) in [7, 11) is 0. The molecule has 0 spiro atoms. The van der Waals surface area contributed by atoms with Crippen molar-refractivity contribution < 1.29 is 0 Å². The molecule has 0 amide bonds. The molecule has 130 valence electrons. The number of benzene rings is 1. The van der Waals surface area contributed by atoms with Crippen LogP contribution in [0.3, 0.4) is 0 Å². The van der Waals surface area contributed by atoms with Gasteiger partial charge in [-0.25, -0.2) is 0 Å². The highest BCUT2D eigenvalue weighted by Crippen LogP contribution is 2.48. The smallest absolute Gasteiger partial charge is 0.160 e. The van der Waals surface area contributed by atoms with Crippen LogP contribution in [0.1, 0.15) is 62.0 Å². The number of nitrogens with zero attached hydrogens (tertiary/aromatic N) is 3. The molecule has 3 nitrogen and oxygen atoms in total. The lowest BCUT2D eigenvalue weighted by atomic mass is 9.93. The lowest BCUT2D eigenvalue weighted by Crippen LogP contribution is -2.35. The lowest BCUT2D eigenvalue weighted by molar-refractivity contribution is 0.255. The van der Waals surface area contributed by atoms with E-state index in [1.165, 1.54) is 16.3 Å². The Morgan fingerprint density at radius 3 is 2.60 bits per heavy atom. The number of rotatable bonds is 4. The summed E-state index contributed by atoms with van der Waals surface area (Å²) in [4.78, 5) is 12.2. The van der Waals surface area contributed by atoms with Gasteiger partial charge in [-0.2, -0.15) is 0 Å². The van der Waals surface area contributed by atoms with Gasteiger partial charge >= 0.3 is 0 Å². The Labute approximate surface area is 154 Å². The highest BCUT2D eigenvalue weighted by Gasteiger charge is 2.45. The largest absolute Gasteiger partial charge is 0.338 e. The predicted octanol–water partition coefficient (Wildman–Crippen LogP) is 5.18. The average Bonchev–Trinajstić information content (AvgIpc) is 3.21. The van der Waals surface area contributed by atoms with Crippen LogP contribution in [0.25, 0.3) is 0 Å². The van der Waals surface area contributed by atoms with Gasteiger partial charge in [0.2, 0.25) is 0 Å². The number of fused-ring (bicyclic) bond motifs is 1. The summed E-state index contributed by atoms with van der Waals surface area (Å²) in [6.07, 6.45) is 3.03. The summed E-state index contributed by atoms with van der Waals surface area (Å²) < 4.78 is 0. The van der Waals surface area contributed by atoms with Gasteiger partial charge in [-0.15, -0.1) is 0 Å². The standard InChI is InChI=1S/C21H25N3S/c1-4-17-13-25-21-23-19(18-7-5-6-12-22-18)20(24(17)21)16-10-8-15(9-11-16)14(2)3/h5-12,14,17,19-20H,4,13H2,1-3H3/t17-,19-,20+/m1/s1. The summed E-state index contributed by atoms with van der Waals surface area (Å²) >= 11 is 1.90. The first-order chi connectivity index (χ1) is 12.2.